The lowest BCUT2D eigenvalue weighted by Crippen LogP contribution is -2.42. The van der Waals surface area contributed by atoms with Crippen LogP contribution < -0.4 is 4.90 Å². The highest BCUT2D eigenvalue weighted by Crippen LogP contribution is 2.43. The molecule has 1 heterocycles. The van der Waals surface area contributed by atoms with E-state index in [9.17, 15) is 15.2 Å². The Morgan fingerprint density at radius 1 is 1.38 bits per heavy atom. The van der Waals surface area contributed by atoms with Gasteiger partial charge in [0.05, 0.1) is 11.3 Å². The third-order valence-corrected chi connectivity index (χ3v) is 4.92. The molecule has 3 unspecified atom stereocenters. The summed E-state index contributed by atoms with van der Waals surface area (Å²) < 4.78 is 0. The zero-order chi connectivity index (χ0) is 15.0. The lowest BCUT2D eigenvalue weighted by Gasteiger charge is -2.35. The third kappa shape index (κ3) is 2.37. The number of aryl methyl sites for hydroxylation is 1. The molecule has 2 fully saturated rings. The Balaban J connectivity index is 2.05. The van der Waals surface area contributed by atoms with Gasteiger partial charge in [0.15, 0.2) is 0 Å². The van der Waals surface area contributed by atoms with Gasteiger partial charge in [-0.2, -0.15) is 5.26 Å². The summed E-state index contributed by atoms with van der Waals surface area (Å²) in [6.45, 7) is 1.95. The van der Waals surface area contributed by atoms with Gasteiger partial charge >= 0.3 is 5.97 Å². The number of anilines is 1. The van der Waals surface area contributed by atoms with Crippen molar-refractivity contribution in [3.8, 4) is 6.07 Å². The van der Waals surface area contributed by atoms with Crippen molar-refractivity contribution in [2.24, 2.45) is 5.92 Å². The first-order valence-electron chi connectivity index (χ1n) is 7.63. The van der Waals surface area contributed by atoms with E-state index in [0.717, 1.165) is 30.5 Å². The molecule has 1 aliphatic heterocycles. The van der Waals surface area contributed by atoms with Gasteiger partial charge in [0, 0.05) is 6.04 Å². The van der Waals surface area contributed by atoms with Crippen molar-refractivity contribution < 1.29 is 9.90 Å². The van der Waals surface area contributed by atoms with E-state index < -0.39 is 12.0 Å². The summed E-state index contributed by atoms with van der Waals surface area (Å²) >= 11 is 0. The van der Waals surface area contributed by atoms with Crippen molar-refractivity contribution in [3.63, 3.8) is 0 Å². The van der Waals surface area contributed by atoms with Gasteiger partial charge < -0.3 is 10.0 Å². The van der Waals surface area contributed by atoms with Gasteiger partial charge in [-0.3, -0.25) is 0 Å². The molecule has 1 saturated carbocycles. The number of fused-ring (bicyclic) bond motifs is 1. The van der Waals surface area contributed by atoms with Crippen molar-refractivity contribution in [2.45, 2.75) is 51.1 Å². The van der Waals surface area contributed by atoms with Crippen LogP contribution in [0, 0.1) is 24.2 Å². The number of rotatable bonds is 2. The highest BCUT2D eigenvalue weighted by molar-refractivity contribution is 5.81. The number of hydrogen-bond acceptors (Lipinski definition) is 3. The molecule has 21 heavy (non-hydrogen) atoms. The van der Waals surface area contributed by atoms with E-state index in [1.165, 1.54) is 6.42 Å². The first kappa shape index (κ1) is 13.9. The van der Waals surface area contributed by atoms with Crippen LogP contribution in [0.2, 0.25) is 0 Å². The molecule has 0 amide bonds. The van der Waals surface area contributed by atoms with E-state index in [1.54, 1.807) is 0 Å². The summed E-state index contributed by atoms with van der Waals surface area (Å²) in [4.78, 5) is 13.7. The van der Waals surface area contributed by atoms with E-state index in [2.05, 4.69) is 6.07 Å². The largest absolute Gasteiger partial charge is 0.480 e. The molecule has 2 aliphatic rings. The van der Waals surface area contributed by atoms with Gasteiger partial charge in [0.25, 0.3) is 0 Å². The Morgan fingerprint density at radius 2 is 2.14 bits per heavy atom. The Hall–Kier alpha value is -2.02. The number of benzene rings is 1. The van der Waals surface area contributed by atoms with Crippen LogP contribution in [-0.4, -0.2) is 23.2 Å². The second-order valence-electron chi connectivity index (χ2n) is 6.24. The summed E-state index contributed by atoms with van der Waals surface area (Å²) in [7, 11) is 0. The maximum absolute atomic E-state index is 11.7. The molecule has 0 bridgehead atoms. The fraction of sp³-hybridized carbons (Fsp3) is 0.529. The molecule has 1 aromatic rings. The van der Waals surface area contributed by atoms with Crippen molar-refractivity contribution in [2.75, 3.05) is 4.90 Å². The van der Waals surface area contributed by atoms with E-state index in [-0.39, 0.29) is 6.04 Å². The molecule has 1 saturated heterocycles. The third-order valence-electron chi connectivity index (χ3n) is 4.92. The Labute approximate surface area is 125 Å². The average Bonchev–Trinajstić information content (AvgIpc) is 2.86. The number of aliphatic carboxylic acids is 1. The second kappa shape index (κ2) is 5.40. The first-order valence-corrected chi connectivity index (χ1v) is 7.63. The number of carboxylic acids is 1. The molecule has 1 aromatic carbocycles. The molecule has 1 N–H and O–H groups in total. The van der Waals surface area contributed by atoms with Gasteiger partial charge in [-0.15, -0.1) is 0 Å². The van der Waals surface area contributed by atoms with Crippen molar-refractivity contribution >= 4 is 11.7 Å². The Bertz CT molecular complexity index is 605. The molecule has 110 valence electrons. The Kier molecular flexibility index (Phi) is 3.59. The van der Waals surface area contributed by atoms with Crippen LogP contribution in [0.5, 0.6) is 0 Å². The molecule has 3 atom stereocenters. The topological polar surface area (TPSA) is 64.3 Å². The molecular weight excluding hydrogens is 264 g/mol. The standard InChI is InChI=1S/C17H20N2O2/c1-11-6-7-15(13(8-11)10-18)19-14-5-3-2-4-12(14)9-16(19)17(20)21/h6-8,12,14,16H,2-5,9H2,1H3,(H,20,21). The van der Waals surface area contributed by atoms with E-state index >= 15 is 0 Å². The highest BCUT2D eigenvalue weighted by atomic mass is 16.4. The number of carboxylic acid groups (broad SMARTS) is 1. The van der Waals surface area contributed by atoms with Crippen LogP contribution in [0.1, 0.15) is 43.2 Å². The number of hydrogen-bond donors (Lipinski definition) is 1. The van der Waals surface area contributed by atoms with E-state index in [1.807, 2.05) is 30.0 Å². The minimum Gasteiger partial charge on any atom is -0.480 e. The molecule has 0 aromatic heterocycles. The summed E-state index contributed by atoms with van der Waals surface area (Å²) in [5.41, 5.74) is 2.42. The lowest BCUT2D eigenvalue weighted by molar-refractivity contribution is -0.138. The number of nitrogens with zero attached hydrogens (tertiary/aromatic N) is 2. The van der Waals surface area contributed by atoms with E-state index in [4.69, 9.17) is 0 Å². The molecular formula is C17H20N2O2. The molecule has 0 radical (unpaired) electrons. The van der Waals surface area contributed by atoms with Gasteiger partial charge in [0.1, 0.15) is 12.1 Å². The second-order valence-corrected chi connectivity index (χ2v) is 6.24. The van der Waals surface area contributed by atoms with Gasteiger partial charge in [-0.05, 0) is 49.8 Å². The van der Waals surface area contributed by atoms with Crippen LogP contribution in [0.4, 0.5) is 5.69 Å². The molecule has 4 heteroatoms. The molecule has 3 rings (SSSR count). The quantitative estimate of drug-likeness (QED) is 0.906. The number of nitriles is 1. The zero-order valence-electron chi connectivity index (χ0n) is 12.2. The van der Waals surface area contributed by atoms with Crippen LogP contribution in [0.3, 0.4) is 0 Å². The van der Waals surface area contributed by atoms with Crippen LogP contribution in [0.15, 0.2) is 18.2 Å². The molecule has 0 spiro atoms. The predicted octanol–water partition coefficient (Wildman–Crippen LogP) is 3.09. The summed E-state index contributed by atoms with van der Waals surface area (Å²) in [5, 5.41) is 19.0. The normalized spacial score (nSPS) is 28.0. The maximum atomic E-state index is 11.7. The maximum Gasteiger partial charge on any atom is 0.326 e. The summed E-state index contributed by atoms with van der Waals surface area (Å²) in [6, 6.07) is 7.75. The summed E-state index contributed by atoms with van der Waals surface area (Å²) in [6.07, 6.45) is 5.20. The molecule has 1 aliphatic carbocycles. The predicted molar refractivity (Wildman–Crippen MR) is 80.2 cm³/mol. The highest BCUT2D eigenvalue weighted by Gasteiger charge is 2.45. The van der Waals surface area contributed by atoms with Crippen molar-refractivity contribution in [3.05, 3.63) is 29.3 Å². The van der Waals surface area contributed by atoms with Gasteiger partial charge in [0.2, 0.25) is 0 Å². The van der Waals surface area contributed by atoms with Gasteiger partial charge in [-0.1, -0.05) is 18.9 Å². The Morgan fingerprint density at radius 3 is 2.86 bits per heavy atom. The van der Waals surface area contributed by atoms with Crippen LogP contribution in [0.25, 0.3) is 0 Å². The zero-order valence-corrected chi connectivity index (χ0v) is 12.2. The fourth-order valence-corrected chi connectivity index (χ4v) is 3.99. The smallest absolute Gasteiger partial charge is 0.326 e. The lowest BCUT2D eigenvalue weighted by atomic mass is 9.84. The van der Waals surface area contributed by atoms with Crippen molar-refractivity contribution in [1.82, 2.24) is 0 Å². The van der Waals surface area contributed by atoms with Crippen molar-refractivity contribution in [1.29, 1.82) is 5.26 Å². The average molecular weight is 284 g/mol. The molecule has 4 nitrogen and oxygen atoms in total. The SMILES string of the molecule is Cc1ccc(N2C(C(=O)O)CC3CCCCC32)c(C#N)c1. The monoisotopic (exact) mass is 284 g/mol. The van der Waals surface area contributed by atoms with E-state index in [0.29, 0.717) is 17.9 Å². The summed E-state index contributed by atoms with van der Waals surface area (Å²) in [5.74, 6) is -0.318. The van der Waals surface area contributed by atoms with Crippen LogP contribution >= 0.6 is 0 Å². The fourth-order valence-electron chi connectivity index (χ4n) is 3.99. The van der Waals surface area contributed by atoms with Crippen LogP contribution in [-0.2, 0) is 4.79 Å². The first-order chi connectivity index (χ1) is 10.1. The minimum absolute atomic E-state index is 0.273. The number of carbonyl (C=O) groups is 1. The minimum atomic E-state index is -0.770. The van der Waals surface area contributed by atoms with Gasteiger partial charge in [-0.25, -0.2) is 4.79 Å².